The van der Waals surface area contributed by atoms with Crippen molar-refractivity contribution in [3.63, 3.8) is 0 Å². The number of benzene rings is 2. The number of carbonyl (C=O) groups is 1. The van der Waals surface area contributed by atoms with Crippen LogP contribution in [0, 0.1) is 0 Å². The summed E-state index contributed by atoms with van der Waals surface area (Å²) in [6, 6.07) is 16.5. The van der Waals surface area contributed by atoms with Gasteiger partial charge in [0.2, 0.25) is 5.91 Å². The lowest BCUT2D eigenvalue weighted by Crippen LogP contribution is -2.50. The lowest BCUT2D eigenvalue weighted by molar-refractivity contribution is -0.131. The molecule has 0 aromatic heterocycles. The minimum Gasteiger partial charge on any atom is -0.491 e. The number of halogens is 1. The molecule has 1 saturated heterocycles. The third-order valence-electron chi connectivity index (χ3n) is 5.72. The summed E-state index contributed by atoms with van der Waals surface area (Å²) in [7, 11) is 0. The number of aryl methyl sites for hydroxylation is 1. The van der Waals surface area contributed by atoms with E-state index in [9.17, 15) is 4.79 Å². The third-order valence-corrected chi connectivity index (χ3v) is 6.25. The largest absolute Gasteiger partial charge is 0.491 e. The van der Waals surface area contributed by atoms with Crippen LogP contribution in [0.5, 0.6) is 5.75 Å². The van der Waals surface area contributed by atoms with Crippen molar-refractivity contribution in [2.24, 2.45) is 0 Å². The van der Waals surface area contributed by atoms with Crippen LogP contribution in [0.2, 0.25) is 0 Å². The molecule has 1 aliphatic rings. The van der Waals surface area contributed by atoms with Gasteiger partial charge < -0.3 is 14.8 Å². The molecule has 1 aliphatic heterocycles. The summed E-state index contributed by atoms with van der Waals surface area (Å²) in [6.07, 6.45) is 3.41. The monoisotopic (exact) mass is 473 g/mol. The minimum absolute atomic E-state index is 0.0965. The highest BCUT2D eigenvalue weighted by molar-refractivity contribution is 9.10. The van der Waals surface area contributed by atoms with E-state index < -0.39 is 5.41 Å². The minimum atomic E-state index is -0.511. The molecule has 3 rings (SSSR count). The predicted molar refractivity (Wildman–Crippen MR) is 124 cm³/mol. The van der Waals surface area contributed by atoms with Crippen molar-refractivity contribution in [1.29, 1.82) is 0 Å². The summed E-state index contributed by atoms with van der Waals surface area (Å²) in [5, 5.41) is 3.28. The maximum Gasteiger partial charge on any atom is 0.231 e. The second-order valence-electron chi connectivity index (χ2n) is 8.43. The first-order valence-electron chi connectivity index (χ1n) is 10.8. The highest BCUT2D eigenvalue weighted by Gasteiger charge is 2.41. The molecule has 0 bridgehead atoms. The number of hydrogen-bond donors (Lipinski definition) is 1. The Bertz CT molecular complexity index is 811. The van der Waals surface area contributed by atoms with Crippen molar-refractivity contribution in [3.8, 4) is 5.75 Å². The Morgan fingerprint density at radius 2 is 1.70 bits per heavy atom. The first-order chi connectivity index (χ1) is 14.4. The van der Waals surface area contributed by atoms with Crippen molar-refractivity contribution < 1.29 is 14.3 Å². The summed E-state index contributed by atoms with van der Waals surface area (Å²) < 4.78 is 12.3. The fourth-order valence-corrected chi connectivity index (χ4v) is 4.22. The average molecular weight is 474 g/mol. The van der Waals surface area contributed by atoms with Gasteiger partial charge in [0.25, 0.3) is 0 Å². The molecular weight excluding hydrogens is 442 g/mol. The van der Waals surface area contributed by atoms with Crippen molar-refractivity contribution >= 4 is 21.8 Å². The molecule has 1 N–H and O–H groups in total. The Kier molecular flexibility index (Phi) is 7.95. The number of carbonyl (C=O) groups excluding carboxylic acids is 1. The molecule has 1 heterocycles. The first kappa shape index (κ1) is 22.8. The molecule has 2 aromatic rings. The average Bonchev–Trinajstić information content (AvgIpc) is 2.74. The normalized spacial score (nSPS) is 16.8. The van der Waals surface area contributed by atoms with Crippen LogP contribution in [-0.2, 0) is 21.4 Å². The van der Waals surface area contributed by atoms with E-state index in [4.69, 9.17) is 9.47 Å². The first-order valence-corrected chi connectivity index (χ1v) is 11.6. The van der Waals surface area contributed by atoms with Crippen molar-refractivity contribution in [2.75, 3.05) is 13.2 Å². The zero-order valence-corrected chi connectivity index (χ0v) is 19.7. The summed E-state index contributed by atoms with van der Waals surface area (Å²) >= 11 is 3.49. The van der Waals surface area contributed by atoms with E-state index in [2.05, 4.69) is 52.4 Å². The Hall–Kier alpha value is -1.85. The van der Waals surface area contributed by atoms with Crippen LogP contribution in [0.15, 0.2) is 53.0 Å². The standard InChI is InChI=1S/C25H32BrNO3/c1-18(2)30-23-12-6-20(7-13-23)5-4-19(3)27-24(28)25(14-16-29-17-15-25)21-8-10-22(26)11-9-21/h6-13,18-19H,4-5,14-17H2,1-3H3,(H,27,28). The van der Waals surface area contributed by atoms with Gasteiger partial charge in [0.05, 0.1) is 11.5 Å². The van der Waals surface area contributed by atoms with Crippen molar-refractivity contribution in [1.82, 2.24) is 5.32 Å². The molecule has 4 nitrogen and oxygen atoms in total. The van der Waals surface area contributed by atoms with E-state index in [-0.39, 0.29) is 18.1 Å². The van der Waals surface area contributed by atoms with E-state index in [1.165, 1.54) is 5.56 Å². The molecule has 30 heavy (non-hydrogen) atoms. The molecule has 0 radical (unpaired) electrons. The lowest BCUT2D eigenvalue weighted by atomic mass is 9.73. The highest BCUT2D eigenvalue weighted by atomic mass is 79.9. The smallest absolute Gasteiger partial charge is 0.231 e. The number of rotatable bonds is 8. The number of amides is 1. The van der Waals surface area contributed by atoms with Gasteiger partial charge in [-0.3, -0.25) is 4.79 Å². The van der Waals surface area contributed by atoms with Gasteiger partial charge in [0.15, 0.2) is 0 Å². The van der Waals surface area contributed by atoms with Gasteiger partial charge in [-0.25, -0.2) is 0 Å². The van der Waals surface area contributed by atoms with Gasteiger partial charge in [-0.15, -0.1) is 0 Å². The van der Waals surface area contributed by atoms with Crippen LogP contribution in [-0.4, -0.2) is 31.3 Å². The van der Waals surface area contributed by atoms with Crippen LogP contribution in [0.25, 0.3) is 0 Å². The molecule has 1 amide bonds. The molecule has 0 aliphatic carbocycles. The lowest BCUT2D eigenvalue weighted by Gasteiger charge is -2.37. The molecule has 162 valence electrons. The zero-order valence-electron chi connectivity index (χ0n) is 18.1. The molecule has 1 atom stereocenters. The van der Waals surface area contributed by atoms with Crippen LogP contribution in [0.4, 0.5) is 0 Å². The second kappa shape index (κ2) is 10.5. The quantitative estimate of drug-likeness (QED) is 0.556. The maximum absolute atomic E-state index is 13.4. The molecule has 1 fully saturated rings. The summed E-state index contributed by atoms with van der Waals surface area (Å²) in [4.78, 5) is 13.4. The van der Waals surface area contributed by atoms with Gasteiger partial charge in [0, 0.05) is 23.7 Å². The molecule has 0 spiro atoms. The van der Waals surface area contributed by atoms with Gasteiger partial charge in [-0.2, -0.15) is 0 Å². The van der Waals surface area contributed by atoms with Gasteiger partial charge in [-0.1, -0.05) is 40.2 Å². The number of hydrogen-bond acceptors (Lipinski definition) is 3. The Balaban J connectivity index is 1.60. The van der Waals surface area contributed by atoms with E-state index in [0.717, 1.165) is 28.6 Å². The maximum atomic E-state index is 13.4. The van der Waals surface area contributed by atoms with Crippen molar-refractivity contribution in [2.45, 2.75) is 64.0 Å². The van der Waals surface area contributed by atoms with E-state index >= 15 is 0 Å². The summed E-state index contributed by atoms with van der Waals surface area (Å²) in [6.45, 7) is 7.36. The number of nitrogens with one attached hydrogen (secondary N) is 1. The van der Waals surface area contributed by atoms with E-state index in [1.807, 2.05) is 38.1 Å². The van der Waals surface area contributed by atoms with Crippen LogP contribution < -0.4 is 10.1 Å². The SMILES string of the molecule is CC(CCc1ccc(OC(C)C)cc1)NC(=O)C1(c2ccc(Br)cc2)CCOCC1. The Labute approximate surface area is 188 Å². The number of ether oxygens (including phenoxy) is 2. The molecule has 0 saturated carbocycles. The fourth-order valence-electron chi connectivity index (χ4n) is 3.96. The summed E-state index contributed by atoms with van der Waals surface area (Å²) in [5.41, 5.74) is 1.81. The molecular formula is C25H32BrNO3. The van der Waals surface area contributed by atoms with E-state index in [0.29, 0.717) is 26.1 Å². The topological polar surface area (TPSA) is 47.6 Å². The van der Waals surface area contributed by atoms with Crippen LogP contribution in [0.3, 0.4) is 0 Å². The van der Waals surface area contributed by atoms with Gasteiger partial charge in [-0.05, 0) is 81.8 Å². The highest BCUT2D eigenvalue weighted by Crippen LogP contribution is 2.36. The van der Waals surface area contributed by atoms with E-state index in [1.54, 1.807) is 0 Å². The van der Waals surface area contributed by atoms with Crippen molar-refractivity contribution in [3.05, 3.63) is 64.1 Å². The van der Waals surface area contributed by atoms with Gasteiger partial charge in [0.1, 0.15) is 5.75 Å². The van der Waals surface area contributed by atoms with Crippen LogP contribution >= 0.6 is 15.9 Å². The third kappa shape index (κ3) is 5.86. The fraction of sp³-hybridized carbons (Fsp3) is 0.480. The second-order valence-corrected chi connectivity index (χ2v) is 9.34. The zero-order chi connectivity index (χ0) is 21.6. The molecule has 1 unspecified atom stereocenters. The van der Waals surface area contributed by atoms with Gasteiger partial charge >= 0.3 is 0 Å². The Morgan fingerprint density at radius 3 is 2.30 bits per heavy atom. The predicted octanol–water partition coefficient (Wildman–Crippen LogP) is 5.42. The Morgan fingerprint density at radius 1 is 1.07 bits per heavy atom. The molecule has 5 heteroatoms. The molecule has 2 aromatic carbocycles. The van der Waals surface area contributed by atoms with Crippen LogP contribution in [0.1, 0.15) is 51.2 Å². The summed E-state index contributed by atoms with van der Waals surface area (Å²) in [5.74, 6) is 1.01.